The van der Waals surface area contributed by atoms with Gasteiger partial charge in [0, 0.05) is 16.9 Å². The van der Waals surface area contributed by atoms with Gasteiger partial charge in [0.05, 0.1) is 6.26 Å². The van der Waals surface area contributed by atoms with Crippen molar-refractivity contribution in [1.29, 1.82) is 0 Å². The van der Waals surface area contributed by atoms with E-state index in [0.29, 0.717) is 16.9 Å². The van der Waals surface area contributed by atoms with Crippen molar-refractivity contribution < 1.29 is 14.0 Å². The summed E-state index contributed by atoms with van der Waals surface area (Å²) in [5.74, 6) is -0.339. The van der Waals surface area contributed by atoms with Gasteiger partial charge >= 0.3 is 0 Å². The van der Waals surface area contributed by atoms with Crippen molar-refractivity contribution in [3.63, 3.8) is 0 Å². The summed E-state index contributed by atoms with van der Waals surface area (Å²) in [7, 11) is 0. The summed E-state index contributed by atoms with van der Waals surface area (Å²) < 4.78 is 5.07. The van der Waals surface area contributed by atoms with E-state index in [1.165, 1.54) is 6.26 Å². The zero-order valence-corrected chi connectivity index (χ0v) is 14.3. The number of fused-ring (bicyclic) bond motifs is 1. The smallest absolute Gasteiger partial charge is 0.291 e. The van der Waals surface area contributed by atoms with E-state index < -0.39 is 0 Å². The molecule has 4 aromatic rings. The minimum atomic E-state index is -0.349. The fourth-order valence-corrected chi connectivity index (χ4v) is 2.81. The molecule has 0 fully saturated rings. The van der Waals surface area contributed by atoms with Crippen molar-refractivity contribution in [3.05, 3.63) is 96.4 Å². The molecule has 0 unspecified atom stereocenters. The number of hydrogen-bond acceptors (Lipinski definition) is 3. The maximum Gasteiger partial charge on any atom is 0.291 e. The number of carbonyl (C=O) groups is 2. The van der Waals surface area contributed by atoms with Gasteiger partial charge in [0.25, 0.3) is 11.8 Å². The first-order chi connectivity index (χ1) is 13.2. The first-order valence-electron chi connectivity index (χ1n) is 8.44. The number of carbonyl (C=O) groups excluding carboxylic acids is 2. The second-order valence-corrected chi connectivity index (χ2v) is 6.03. The summed E-state index contributed by atoms with van der Waals surface area (Å²) in [5, 5.41) is 7.68. The third-order valence-electron chi connectivity index (χ3n) is 4.13. The van der Waals surface area contributed by atoms with Crippen LogP contribution in [0.4, 0.5) is 11.4 Å². The summed E-state index contributed by atoms with van der Waals surface area (Å²) in [6.07, 6.45) is 1.44. The van der Waals surface area contributed by atoms with Crippen molar-refractivity contribution >= 4 is 34.0 Å². The van der Waals surface area contributed by atoms with Crippen LogP contribution < -0.4 is 10.6 Å². The van der Waals surface area contributed by atoms with Crippen LogP contribution in [0.1, 0.15) is 20.9 Å². The summed E-state index contributed by atoms with van der Waals surface area (Å²) in [5.41, 5.74) is 1.72. The molecule has 0 saturated heterocycles. The number of furan rings is 1. The molecule has 2 N–H and O–H groups in total. The first kappa shape index (κ1) is 16.6. The van der Waals surface area contributed by atoms with Crippen molar-refractivity contribution in [1.82, 2.24) is 0 Å². The summed E-state index contributed by atoms with van der Waals surface area (Å²) in [6.45, 7) is 0. The Bertz CT molecular complexity index is 1120. The predicted octanol–water partition coefficient (Wildman–Crippen LogP) is 4.94. The minimum Gasteiger partial charge on any atom is -0.459 e. The standard InChI is InChI=1S/C22H16N2O3/c25-21(17-11-10-15-5-1-2-6-16(15)13-17)23-18-7-3-8-19(14-18)24-22(26)20-9-4-12-27-20/h1-14H,(H,23,25)(H,24,26). The van der Waals surface area contributed by atoms with E-state index in [2.05, 4.69) is 10.6 Å². The van der Waals surface area contributed by atoms with Gasteiger partial charge in [-0.3, -0.25) is 9.59 Å². The van der Waals surface area contributed by atoms with Crippen LogP contribution in [-0.2, 0) is 0 Å². The molecule has 0 aliphatic heterocycles. The molecule has 0 aliphatic rings. The molecule has 5 heteroatoms. The van der Waals surface area contributed by atoms with Gasteiger partial charge in [-0.1, -0.05) is 36.4 Å². The Morgan fingerprint density at radius 1 is 0.667 bits per heavy atom. The number of nitrogens with one attached hydrogen (secondary N) is 2. The average molecular weight is 356 g/mol. The number of rotatable bonds is 4. The lowest BCUT2D eigenvalue weighted by Crippen LogP contribution is -2.13. The Balaban J connectivity index is 1.50. The maximum absolute atomic E-state index is 12.6. The minimum absolute atomic E-state index is 0.213. The summed E-state index contributed by atoms with van der Waals surface area (Å²) in [4.78, 5) is 24.6. The van der Waals surface area contributed by atoms with Crippen molar-refractivity contribution in [3.8, 4) is 0 Å². The SMILES string of the molecule is O=C(Nc1cccc(NC(=O)c2ccco2)c1)c1ccc2ccccc2c1. The highest BCUT2D eigenvalue weighted by molar-refractivity contribution is 6.07. The average Bonchev–Trinajstić information content (AvgIpc) is 3.23. The fourth-order valence-electron chi connectivity index (χ4n) is 2.81. The van der Waals surface area contributed by atoms with E-state index in [9.17, 15) is 9.59 Å². The Morgan fingerprint density at radius 2 is 1.41 bits per heavy atom. The van der Waals surface area contributed by atoms with E-state index in [1.807, 2.05) is 36.4 Å². The van der Waals surface area contributed by atoms with Gasteiger partial charge in [-0.05, 0) is 53.2 Å². The molecule has 27 heavy (non-hydrogen) atoms. The van der Waals surface area contributed by atoms with Gasteiger partial charge < -0.3 is 15.1 Å². The molecule has 1 aromatic heterocycles. The third kappa shape index (κ3) is 3.72. The number of benzene rings is 3. The second kappa shape index (κ2) is 7.17. The van der Waals surface area contributed by atoms with Crippen LogP contribution in [0.5, 0.6) is 0 Å². The number of hydrogen-bond donors (Lipinski definition) is 2. The molecule has 0 bridgehead atoms. The molecule has 0 aliphatic carbocycles. The van der Waals surface area contributed by atoms with Crippen molar-refractivity contribution in [2.24, 2.45) is 0 Å². The van der Waals surface area contributed by atoms with Gasteiger partial charge in [0.15, 0.2) is 5.76 Å². The van der Waals surface area contributed by atoms with Gasteiger partial charge in [0.2, 0.25) is 0 Å². The van der Waals surface area contributed by atoms with E-state index in [-0.39, 0.29) is 17.6 Å². The molecule has 0 radical (unpaired) electrons. The van der Waals surface area contributed by atoms with Gasteiger partial charge in [0.1, 0.15) is 0 Å². The van der Waals surface area contributed by atoms with E-state index in [0.717, 1.165) is 10.8 Å². The highest BCUT2D eigenvalue weighted by atomic mass is 16.3. The first-order valence-corrected chi connectivity index (χ1v) is 8.44. The topological polar surface area (TPSA) is 71.3 Å². The van der Waals surface area contributed by atoms with E-state index >= 15 is 0 Å². The van der Waals surface area contributed by atoms with Crippen molar-refractivity contribution in [2.45, 2.75) is 0 Å². The van der Waals surface area contributed by atoms with Gasteiger partial charge in [-0.15, -0.1) is 0 Å². The second-order valence-electron chi connectivity index (χ2n) is 6.03. The lowest BCUT2D eigenvalue weighted by molar-refractivity contribution is 0.0995. The normalized spacial score (nSPS) is 10.5. The largest absolute Gasteiger partial charge is 0.459 e. The zero-order chi connectivity index (χ0) is 18.6. The lowest BCUT2D eigenvalue weighted by atomic mass is 10.1. The molecule has 0 atom stereocenters. The molecule has 0 spiro atoms. The molecule has 5 nitrogen and oxygen atoms in total. The van der Waals surface area contributed by atoms with Crippen LogP contribution in [0.15, 0.2) is 89.5 Å². The van der Waals surface area contributed by atoms with E-state index in [4.69, 9.17) is 4.42 Å². The van der Waals surface area contributed by atoms with Crippen LogP contribution in [-0.4, -0.2) is 11.8 Å². The van der Waals surface area contributed by atoms with Crippen LogP contribution in [0.3, 0.4) is 0 Å². The lowest BCUT2D eigenvalue weighted by Gasteiger charge is -2.09. The van der Waals surface area contributed by atoms with Crippen LogP contribution in [0.2, 0.25) is 0 Å². The Hall–Kier alpha value is -3.86. The molecule has 132 valence electrons. The summed E-state index contributed by atoms with van der Waals surface area (Å²) in [6, 6.07) is 23.6. The molecule has 2 amide bonds. The number of anilines is 2. The zero-order valence-electron chi connectivity index (χ0n) is 14.3. The maximum atomic E-state index is 12.6. The predicted molar refractivity (Wildman–Crippen MR) is 105 cm³/mol. The Morgan fingerprint density at radius 3 is 2.15 bits per heavy atom. The van der Waals surface area contributed by atoms with Gasteiger partial charge in [-0.25, -0.2) is 0 Å². The van der Waals surface area contributed by atoms with Gasteiger partial charge in [-0.2, -0.15) is 0 Å². The van der Waals surface area contributed by atoms with Crippen LogP contribution in [0.25, 0.3) is 10.8 Å². The molecule has 3 aromatic carbocycles. The monoisotopic (exact) mass is 356 g/mol. The Kier molecular flexibility index (Phi) is 4.41. The van der Waals surface area contributed by atoms with Crippen molar-refractivity contribution in [2.75, 3.05) is 10.6 Å². The van der Waals surface area contributed by atoms with Crippen LogP contribution >= 0.6 is 0 Å². The van der Waals surface area contributed by atoms with E-state index in [1.54, 1.807) is 42.5 Å². The Labute approximate surface area is 155 Å². The van der Waals surface area contributed by atoms with Crippen LogP contribution in [0, 0.1) is 0 Å². The fraction of sp³-hybridized carbons (Fsp3) is 0. The molecule has 4 rings (SSSR count). The molecule has 1 heterocycles. The summed E-state index contributed by atoms with van der Waals surface area (Å²) >= 11 is 0. The number of amides is 2. The molecule has 0 saturated carbocycles. The highest BCUT2D eigenvalue weighted by Crippen LogP contribution is 2.19. The third-order valence-corrected chi connectivity index (χ3v) is 4.13. The highest BCUT2D eigenvalue weighted by Gasteiger charge is 2.10. The quantitative estimate of drug-likeness (QED) is 0.544. The molecular formula is C22H16N2O3. The molecular weight excluding hydrogens is 340 g/mol.